The predicted octanol–water partition coefficient (Wildman–Crippen LogP) is 1.76. The summed E-state index contributed by atoms with van der Waals surface area (Å²) in [5.41, 5.74) is 1.84. The molecule has 0 bridgehead atoms. The molecule has 204 valence electrons. The van der Waals surface area contributed by atoms with Gasteiger partial charge in [-0.05, 0) is 30.7 Å². The molecule has 1 amide bonds. The molecule has 0 spiro atoms. The van der Waals surface area contributed by atoms with Crippen molar-refractivity contribution in [3.63, 3.8) is 0 Å². The molecule has 12 heteroatoms. The summed E-state index contributed by atoms with van der Waals surface area (Å²) in [5.74, 6) is -1.25. The van der Waals surface area contributed by atoms with Gasteiger partial charge in [-0.3, -0.25) is 5.32 Å². The number of carbonyl (C=O) groups is 2. The van der Waals surface area contributed by atoms with Crippen molar-refractivity contribution in [3.05, 3.63) is 75.4 Å². The molecule has 1 aliphatic rings. The number of esters is 1. The number of nitrogens with one attached hydrogen (secondary N) is 1. The number of nitrogens with zero attached hydrogens (tertiary/aromatic N) is 1. The second-order valence-corrected chi connectivity index (χ2v) is 9.74. The van der Waals surface area contributed by atoms with Crippen molar-refractivity contribution in [3.8, 4) is 11.1 Å². The number of ether oxygens (including phenoxy) is 2. The van der Waals surface area contributed by atoms with E-state index in [1.54, 1.807) is 37.3 Å². The molecular formula is C26H27BrClFN2O7. The first-order valence-corrected chi connectivity index (χ1v) is 12.1. The Morgan fingerprint density at radius 1 is 1.18 bits per heavy atom. The number of anilines is 1. The molecule has 38 heavy (non-hydrogen) atoms. The Kier molecular flexibility index (Phi) is 9.75. The highest BCUT2D eigenvalue weighted by molar-refractivity contribution is 6.31. The van der Waals surface area contributed by atoms with Crippen molar-refractivity contribution in [2.45, 2.75) is 20.0 Å². The summed E-state index contributed by atoms with van der Waals surface area (Å²) in [7, 11) is 1.94. The van der Waals surface area contributed by atoms with Gasteiger partial charge in [0.25, 0.3) is 0 Å². The average Bonchev–Trinajstić information content (AvgIpc) is 3.38. The molecule has 0 radical (unpaired) electrons. The van der Waals surface area contributed by atoms with Crippen LogP contribution in [0.2, 0.25) is 5.02 Å². The van der Waals surface area contributed by atoms with E-state index in [-0.39, 0.29) is 59.2 Å². The van der Waals surface area contributed by atoms with Crippen LogP contribution in [-0.4, -0.2) is 49.8 Å². The van der Waals surface area contributed by atoms with Crippen LogP contribution < -0.4 is 28.1 Å². The highest BCUT2D eigenvalue weighted by Gasteiger charge is 2.37. The zero-order valence-electron chi connectivity index (χ0n) is 20.8. The fourth-order valence-corrected chi connectivity index (χ4v) is 4.62. The number of carbonyl (C=O) groups excluding carboxylic acids is 2. The molecule has 1 N–H and O–H groups in total. The number of halogens is 3. The molecule has 4 rings (SSSR count). The van der Waals surface area contributed by atoms with Crippen molar-refractivity contribution in [2.75, 3.05) is 38.6 Å². The summed E-state index contributed by atoms with van der Waals surface area (Å²) in [6, 6.07) is 11.4. The van der Waals surface area contributed by atoms with Crippen LogP contribution in [0.15, 0.2) is 56.1 Å². The minimum absolute atomic E-state index is 0. The summed E-state index contributed by atoms with van der Waals surface area (Å²) < 4.78 is 34.3. The predicted molar refractivity (Wildman–Crippen MR) is 132 cm³/mol. The standard InChI is InChI=1S/C26H26ClFN2O7.BrH/c1-16-23(37-26(33)36-16)15-34-24(31)13-30(2)10-9-17(12-30)14-35-25(32)29-22-6-4-3-5-19(22)18-7-8-21(28)20(27)11-18;/h3-8,11,17H,9-10,12-15H2,1-2H3;1H/t17-,30?;/m1./s1. The van der Waals surface area contributed by atoms with Crippen molar-refractivity contribution in [1.82, 2.24) is 0 Å². The van der Waals surface area contributed by atoms with Gasteiger partial charge in [-0.15, -0.1) is 0 Å². The number of benzene rings is 2. The summed E-state index contributed by atoms with van der Waals surface area (Å²) in [5, 5.41) is 2.73. The maximum Gasteiger partial charge on any atom is 0.519 e. The maximum atomic E-state index is 13.6. The smallest absolute Gasteiger partial charge is 0.519 e. The quantitative estimate of drug-likeness (QED) is 0.305. The number of quaternary nitrogens is 1. The molecule has 1 aliphatic heterocycles. The molecular weight excluding hydrogens is 587 g/mol. The first-order chi connectivity index (χ1) is 17.6. The molecule has 1 aromatic heterocycles. The summed E-state index contributed by atoms with van der Waals surface area (Å²) in [6.45, 7) is 3.07. The minimum atomic E-state index is -0.836. The van der Waals surface area contributed by atoms with Crippen LogP contribution in [0.3, 0.4) is 0 Å². The van der Waals surface area contributed by atoms with E-state index in [1.807, 2.05) is 7.05 Å². The van der Waals surface area contributed by atoms with Crippen LogP contribution in [0.4, 0.5) is 14.9 Å². The number of likely N-dealkylation sites (tertiary alicyclic amines) is 1. The Morgan fingerprint density at radius 2 is 1.95 bits per heavy atom. The zero-order valence-corrected chi connectivity index (χ0v) is 23.1. The van der Waals surface area contributed by atoms with Crippen LogP contribution in [0.1, 0.15) is 17.9 Å². The maximum absolute atomic E-state index is 13.6. The van der Waals surface area contributed by atoms with Crippen LogP contribution in [0, 0.1) is 18.7 Å². The van der Waals surface area contributed by atoms with E-state index in [0.717, 1.165) is 13.0 Å². The Bertz CT molecular complexity index is 1360. The van der Waals surface area contributed by atoms with Gasteiger partial charge in [-0.2, -0.15) is 0 Å². The molecule has 1 saturated heterocycles. The third kappa shape index (κ3) is 7.46. The van der Waals surface area contributed by atoms with Gasteiger partial charge in [0.05, 0.1) is 30.8 Å². The fourth-order valence-electron chi connectivity index (χ4n) is 4.44. The monoisotopic (exact) mass is 612 g/mol. The third-order valence-electron chi connectivity index (χ3n) is 6.33. The summed E-state index contributed by atoms with van der Waals surface area (Å²) >= 11 is 5.91. The minimum Gasteiger partial charge on any atom is -1.00 e. The molecule has 2 aromatic carbocycles. The highest BCUT2D eigenvalue weighted by atomic mass is 79.9. The van der Waals surface area contributed by atoms with Crippen LogP contribution in [0.25, 0.3) is 11.1 Å². The summed E-state index contributed by atoms with van der Waals surface area (Å²) in [4.78, 5) is 36.0. The molecule has 2 atom stereocenters. The Morgan fingerprint density at radius 3 is 2.66 bits per heavy atom. The number of likely N-dealkylation sites (N-methyl/N-ethyl adjacent to an activating group) is 1. The number of para-hydroxylation sites is 1. The zero-order chi connectivity index (χ0) is 26.6. The van der Waals surface area contributed by atoms with Gasteiger partial charge in [0.2, 0.25) is 0 Å². The van der Waals surface area contributed by atoms with E-state index in [4.69, 9.17) is 29.9 Å². The van der Waals surface area contributed by atoms with E-state index in [1.165, 1.54) is 12.1 Å². The Balaban J connectivity index is 0.00000400. The van der Waals surface area contributed by atoms with Gasteiger partial charge in [0.1, 0.15) is 12.4 Å². The lowest BCUT2D eigenvalue weighted by atomic mass is 10.0. The van der Waals surface area contributed by atoms with Gasteiger partial charge in [-0.1, -0.05) is 35.9 Å². The van der Waals surface area contributed by atoms with Gasteiger partial charge >= 0.3 is 17.9 Å². The van der Waals surface area contributed by atoms with Crippen LogP contribution >= 0.6 is 11.6 Å². The average molecular weight is 614 g/mol. The van der Waals surface area contributed by atoms with Gasteiger partial charge < -0.3 is 39.8 Å². The van der Waals surface area contributed by atoms with Crippen molar-refractivity contribution in [2.24, 2.45) is 5.92 Å². The second-order valence-electron chi connectivity index (χ2n) is 9.33. The fraction of sp³-hybridized carbons (Fsp3) is 0.346. The molecule has 9 nitrogen and oxygen atoms in total. The third-order valence-corrected chi connectivity index (χ3v) is 6.62. The van der Waals surface area contributed by atoms with E-state index in [0.29, 0.717) is 27.8 Å². The van der Waals surface area contributed by atoms with E-state index < -0.39 is 23.7 Å². The van der Waals surface area contributed by atoms with Gasteiger partial charge in [0.15, 0.2) is 24.7 Å². The molecule has 0 saturated carbocycles. The Hall–Kier alpha value is -3.15. The molecule has 1 fully saturated rings. The van der Waals surface area contributed by atoms with E-state index >= 15 is 0 Å². The largest absolute Gasteiger partial charge is 1.00 e. The second kappa shape index (κ2) is 12.6. The van der Waals surface area contributed by atoms with E-state index in [2.05, 4.69) is 5.32 Å². The van der Waals surface area contributed by atoms with E-state index in [9.17, 15) is 18.8 Å². The first kappa shape index (κ1) is 29.4. The highest BCUT2D eigenvalue weighted by Crippen LogP contribution is 2.31. The van der Waals surface area contributed by atoms with Crippen molar-refractivity contribution >= 4 is 29.4 Å². The van der Waals surface area contributed by atoms with Gasteiger partial charge in [0, 0.05) is 17.9 Å². The number of hydrogen-bond acceptors (Lipinski definition) is 7. The first-order valence-electron chi connectivity index (χ1n) is 11.7. The van der Waals surface area contributed by atoms with Crippen molar-refractivity contribution < 1.29 is 53.8 Å². The van der Waals surface area contributed by atoms with Crippen LogP contribution in [0.5, 0.6) is 0 Å². The van der Waals surface area contributed by atoms with Gasteiger partial charge in [-0.25, -0.2) is 18.8 Å². The number of aryl methyl sites for hydroxylation is 1. The topological polar surface area (TPSA) is 108 Å². The van der Waals surface area contributed by atoms with Crippen LogP contribution in [-0.2, 0) is 20.9 Å². The lowest BCUT2D eigenvalue weighted by Crippen LogP contribution is -3.00. The molecule has 0 aliphatic carbocycles. The lowest BCUT2D eigenvalue weighted by molar-refractivity contribution is -0.892. The lowest BCUT2D eigenvalue weighted by Gasteiger charge is -2.28. The SMILES string of the molecule is Cc1oc(=O)oc1COC(=O)C[N+]1(C)CC[C@@H](COC(=O)Nc2ccccc2-c2ccc(F)c(Cl)c2)C1.[Br-]. The summed E-state index contributed by atoms with van der Waals surface area (Å²) in [6.07, 6.45) is 0.162. The number of amides is 1. The molecule has 3 aromatic rings. The Labute approximate surface area is 233 Å². The molecule has 1 unspecified atom stereocenters. The number of hydrogen-bond donors (Lipinski definition) is 1. The molecule has 2 heterocycles. The normalized spacial score (nSPS) is 18.5. The van der Waals surface area contributed by atoms with Crippen molar-refractivity contribution in [1.29, 1.82) is 0 Å². The number of rotatable bonds is 8.